The normalized spacial score (nSPS) is 20.2. The molecule has 29 heavy (non-hydrogen) atoms. The van der Waals surface area contributed by atoms with Crippen molar-refractivity contribution in [1.82, 2.24) is 9.80 Å². The van der Waals surface area contributed by atoms with E-state index in [9.17, 15) is 19.1 Å². The third-order valence-corrected chi connectivity index (χ3v) is 5.56. The molecule has 1 unspecified atom stereocenters. The van der Waals surface area contributed by atoms with Crippen LogP contribution in [0.25, 0.3) is 0 Å². The van der Waals surface area contributed by atoms with Crippen molar-refractivity contribution in [2.45, 2.75) is 19.4 Å². The first kappa shape index (κ1) is 22.8. The summed E-state index contributed by atoms with van der Waals surface area (Å²) in [7, 11) is 1.83. The molecule has 1 amide bonds. The van der Waals surface area contributed by atoms with Gasteiger partial charge in [0.15, 0.2) is 0 Å². The molecular weight excluding hydrogens is 383 g/mol. The van der Waals surface area contributed by atoms with Gasteiger partial charge in [-0.15, -0.1) is 0 Å². The molecule has 1 spiro atoms. The van der Waals surface area contributed by atoms with E-state index < -0.39 is 11.9 Å². The molecule has 0 aromatic heterocycles. The smallest absolute Gasteiger partial charge is 0.308 e. The number of aliphatic carboxylic acids is 1. The Kier molecular flexibility index (Phi) is 8.10. The van der Waals surface area contributed by atoms with Gasteiger partial charge in [0.1, 0.15) is 5.82 Å². The second-order valence-electron chi connectivity index (χ2n) is 7.54. The van der Waals surface area contributed by atoms with Crippen molar-refractivity contribution in [1.29, 1.82) is 0 Å². The van der Waals surface area contributed by atoms with Crippen molar-refractivity contribution in [3.63, 3.8) is 0 Å². The predicted octanol–water partition coefficient (Wildman–Crippen LogP) is 1.30. The molecule has 0 bridgehead atoms. The van der Waals surface area contributed by atoms with E-state index in [0.717, 1.165) is 5.56 Å². The molecule has 0 aliphatic carbocycles. The van der Waals surface area contributed by atoms with Gasteiger partial charge in [-0.2, -0.15) is 0 Å². The summed E-state index contributed by atoms with van der Waals surface area (Å²) in [4.78, 5) is 36.3. The largest absolute Gasteiger partial charge is 0.483 e. The molecule has 9 heteroatoms. The number of amides is 1. The third kappa shape index (κ3) is 5.98. The number of hydrogen-bond donors (Lipinski definition) is 2. The highest BCUT2D eigenvalue weighted by Gasteiger charge is 2.51. The Morgan fingerprint density at radius 3 is 2.45 bits per heavy atom. The first-order chi connectivity index (χ1) is 13.8. The molecule has 2 saturated heterocycles. The number of carbonyl (C=O) groups is 3. The summed E-state index contributed by atoms with van der Waals surface area (Å²) in [5.41, 5.74) is 0.558. The zero-order valence-corrected chi connectivity index (χ0v) is 16.4. The van der Waals surface area contributed by atoms with Crippen LogP contribution in [-0.4, -0.2) is 78.3 Å². The predicted molar refractivity (Wildman–Crippen MR) is 102 cm³/mol. The van der Waals surface area contributed by atoms with Gasteiger partial charge in [0.2, 0.25) is 5.91 Å². The lowest BCUT2D eigenvalue weighted by atomic mass is 9.72. The van der Waals surface area contributed by atoms with Crippen molar-refractivity contribution in [2.75, 3.05) is 39.9 Å². The van der Waals surface area contributed by atoms with Crippen molar-refractivity contribution in [3.8, 4) is 0 Å². The molecule has 1 aromatic carbocycles. The van der Waals surface area contributed by atoms with E-state index in [4.69, 9.17) is 14.6 Å². The van der Waals surface area contributed by atoms with Crippen molar-refractivity contribution < 1.29 is 33.7 Å². The maximum atomic E-state index is 13.0. The molecule has 2 aliphatic rings. The fourth-order valence-corrected chi connectivity index (χ4v) is 4.07. The van der Waals surface area contributed by atoms with E-state index >= 15 is 0 Å². The van der Waals surface area contributed by atoms with Crippen LogP contribution in [0.15, 0.2) is 24.3 Å². The summed E-state index contributed by atoms with van der Waals surface area (Å²) in [5, 5.41) is 16.5. The van der Waals surface area contributed by atoms with Crippen LogP contribution >= 0.6 is 0 Å². The topological polar surface area (TPSA) is 107 Å². The first-order valence-corrected chi connectivity index (χ1v) is 9.40. The number of ether oxygens (including phenoxy) is 1. The van der Waals surface area contributed by atoms with Gasteiger partial charge < -0.3 is 19.8 Å². The molecule has 2 aliphatic heterocycles. The summed E-state index contributed by atoms with van der Waals surface area (Å²) >= 11 is 0. The number of likely N-dealkylation sites (tertiary alicyclic amines) is 1. The Hall–Kier alpha value is -2.52. The van der Waals surface area contributed by atoms with Gasteiger partial charge in [-0.25, -0.2) is 4.39 Å². The van der Waals surface area contributed by atoms with Gasteiger partial charge in [0.05, 0.1) is 12.5 Å². The Morgan fingerprint density at radius 1 is 1.31 bits per heavy atom. The van der Waals surface area contributed by atoms with Crippen LogP contribution in [0, 0.1) is 17.2 Å². The van der Waals surface area contributed by atoms with Gasteiger partial charge in [-0.3, -0.25) is 19.3 Å². The number of rotatable bonds is 5. The second-order valence-corrected chi connectivity index (χ2v) is 7.54. The van der Waals surface area contributed by atoms with Crippen molar-refractivity contribution >= 4 is 18.3 Å². The lowest BCUT2D eigenvalue weighted by Crippen LogP contribution is -2.41. The molecule has 1 atom stereocenters. The lowest BCUT2D eigenvalue weighted by molar-refractivity contribution is -0.147. The molecule has 2 heterocycles. The Balaban J connectivity index is 0.000000941. The average molecular weight is 410 g/mol. The van der Waals surface area contributed by atoms with Crippen LogP contribution in [0.2, 0.25) is 0 Å². The minimum absolute atomic E-state index is 0.0655. The highest BCUT2D eigenvalue weighted by molar-refractivity contribution is 5.81. The van der Waals surface area contributed by atoms with E-state index in [0.29, 0.717) is 39.1 Å². The number of nitrogens with zero attached hydrogens (tertiary/aromatic N) is 2. The molecule has 2 fully saturated rings. The summed E-state index contributed by atoms with van der Waals surface area (Å²) in [6.07, 6.45) is 1.36. The van der Waals surface area contributed by atoms with Crippen LogP contribution in [0.3, 0.4) is 0 Å². The van der Waals surface area contributed by atoms with Crippen LogP contribution in [-0.2, 0) is 25.7 Å². The van der Waals surface area contributed by atoms with Gasteiger partial charge in [-0.1, -0.05) is 12.1 Å². The van der Waals surface area contributed by atoms with Gasteiger partial charge in [-0.05, 0) is 37.6 Å². The van der Waals surface area contributed by atoms with E-state index in [2.05, 4.69) is 0 Å². The maximum absolute atomic E-state index is 13.0. The summed E-state index contributed by atoms with van der Waals surface area (Å²) in [6, 6.07) is 6.20. The SMILES string of the molecule is CN(CC(=O)N1CC(C(=O)O)C2(CCOCC2)C1)Cc1ccc(F)cc1.O=CO. The Morgan fingerprint density at radius 2 is 1.90 bits per heavy atom. The summed E-state index contributed by atoms with van der Waals surface area (Å²) in [5.74, 6) is -1.71. The van der Waals surface area contributed by atoms with E-state index in [1.165, 1.54) is 12.1 Å². The molecule has 8 nitrogen and oxygen atoms in total. The standard InChI is InChI=1S/C19H25FN2O4.CH2O2/c1-21(10-14-2-4-15(20)5-3-14)12-17(23)22-11-16(18(24)25)19(13-22)6-8-26-9-7-19;2-1-3/h2-5,16H,6-13H2,1H3,(H,24,25);1H,(H,2,3). The lowest BCUT2D eigenvalue weighted by Gasteiger charge is -2.36. The zero-order chi connectivity index (χ0) is 21.4. The van der Waals surface area contributed by atoms with Gasteiger partial charge in [0.25, 0.3) is 6.47 Å². The fraction of sp³-hybridized carbons (Fsp3) is 0.550. The monoisotopic (exact) mass is 410 g/mol. The number of benzene rings is 1. The number of carboxylic acids is 1. The zero-order valence-electron chi connectivity index (χ0n) is 16.4. The van der Waals surface area contributed by atoms with Crippen LogP contribution in [0.5, 0.6) is 0 Å². The quantitative estimate of drug-likeness (QED) is 0.705. The van der Waals surface area contributed by atoms with Crippen LogP contribution in [0.4, 0.5) is 4.39 Å². The average Bonchev–Trinajstić information content (AvgIpc) is 3.04. The van der Waals surface area contributed by atoms with E-state index in [1.54, 1.807) is 17.0 Å². The van der Waals surface area contributed by atoms with Crippen molar-refractivity contribution in [3.05, 3.63) is 35.6 Å². The molecule has 160 valence electrons. The van der Waals surface area contributed by atoms with Crippen LogP contribution in [0.1, 0.15) is 18.4 Å². The molecule has 3 rings (SSSR count). The molecular formula is C20H27FN2O6. The number of likely N-dealkylation sites (N-methyl/N-ethyl adjacent to an activating group) is 1. The number of halogens is 1. The number of carbonyl (C=O) groups excluding carboxylic acids is 1. The second kappa shape index (κ2) is 10.3. The maximum Gasteiger partial charge on any atom is 0.308 e. The number of hydrogen-bond acceptors (Lipinski definition) is 5. The Labute approximate surface area is 168 Å². The summed E-state index contributed by atoms with van der Waals surface area (Å²) in [6.45, 7) is 2.33. The van der Waals surface area contributed by atoms with E-state index in [1.807, 2.05) is 11.9 Å². The van der Waals surface area contributed by atoms with Crippen LogP contribution < -0.4 is 0 Å². The van der Waals surface area contributed by atoms with E-state index in [-0.39, 0.29) is 36.7 Å². The highest BCUT2D eigenvalue weighted by Crippen LogP contribution is 2.44. The summed E-state index contributed by atoms with van der Waals surface area (Å²) < 4.78 is 18.4. The fourth-order valence-electron chi connectivity index (χ4n) is 4.07. The third-order valence-electron chi connectivity index (χ3n) is 5.56. The van der Waals surface area contributed by atoms with Gasteiger partial charge >= 0.3 is 5.97 Å². The van der Waals surface area contributed by atoms with Crippen molar-refractivity contribution in [2.24, 2.45) is 11.3 Å². The molecule has 2 N–H and O–H groups in total. The first-order valence-electron chi connectivity index (χ1n) is 9.40. The molecule has 1 aromatic rings. The molecule has 0 saturated carbocycles. The minimum atomic E-state index is -0.832. The highest BCUT2D eigenvalue weighted by atomic mass is 19.1. The Bertz CT molecular complexity index is 705. The number of carboxylic acid groups (broad SMARTS) is 2. The van der Waals surface area contributed by atoms with Gasteiger partial charge in [0, 0.05) is 38.3 Å². The molecule has 0 radical (unpaired) electrons. The minimum Gasteiger partial charge on any atom is -0.483 e.